The lowest BCUT2D eigenvalue weighted by Gasteiger charge is -2.28. The third-order valence-corrected chi connectivity index (χ3v) is 2.13. The Balaban J connectivity index is 4.27. The zero-order valence-electron chi connectivity index (χ0n) is 9.21. The van der Waals surface area contributed by atoms with Gasteiger partial charge in [-0.2, -0.15) is 0 Å². The summed E-state index contributed by atoms with van der Waals surface area (Å²) < 4.78 is 0. The lowest BCUT2D eigenvalue weighted by atomic mass is 10.2. The highest BCUT2D eigenvalue weighted by Gasteiger charge is 2.20. The van der Waals surface area contributed by atoms with Crippen LogP contribution >= 0.6 is 0 Å². The molecule has 13 heavy (non-hydrogen) atoms. The van der Waals surface area contributed by atoms with Crippen LogP contribution in [0.3, 0.4) is 0 Å². The van der Waals surface area contributed by atoms with Crippen molar-refractivity contribution in [3.05, 3.63) is 0 Å². The summed E-state index contributed by atoms with van der Waals surface area (Å²) in [5.74, 6) is 0.0827. The Labute approximate surface area is 81.3 Å². The first-order valence-corrected chi connectivity index (χ1v) is 5.10. The van der Waals surface area contributed by atoms with Crippen LogP contribution in [0.25, 0.3) is 0 Å². The van der Waals surface area contributed by atoms with Crippen molar-refractivity contribution >= 4 is 5.91 Å². The van der Waals surface area contributed by atoms with Gasteiger partial charge in [0.05, 0.1) is 6.04 Å². The van der Waals surface area contributed by atoms with Crippen LogP contribution in [0.4, 0.5) is 0 Å². The second-order valence-corrected chi connectivity index (χ2v) is 3.64. The van der Waals surface area contributed by atoms with E-state index in [0.29, 0.717) is 6.42 Å². The van der Waals surface area contributed by atoms with E-state index in [9.17, 15) is 4.79 Å². The predicted octanol–water partition coefficient (Wildman–Crippen LogP) is 1.37. The van der Waals surface area contributed by atoms with Gasteiger partial charge >= 0.3 is 0 Å². The highest BCUT2D eigenvalue weighted by molar-refractivity contribution is 5.81. The predicted molar refractivity (Wildman–Crippen MR) is 55.4 cm³/mol. The van der Waals surface area contributed by atoms with E-state index >= 15 is 0 Å². The molecule has 0 radical (unpaired) electrons. The highest BCUT2D eigenvalue weighted by Crippen LogP contribution is 2.03. The second-order valence-electron chi connectivity index (χ2n) is 3.64. The summed E-state index contributed by atoms with van der Waals surface area (Å²) in [6.07, 6.45) is 1.70. The molecule has 0 fully saturated rings. The maximum atomic E-state index is 11.7. The Hall–Kier alpha value is -0.570. The zero-order chi connectivity index (χ0) is 10.4. The van der Waals surface area contributed by atoms with E-state index in [4.69, 9.17) is 5.73 Å². The molecule has 3 heteroatoms. The minimum absolute atomic E-state index is 0.0827. The van der Waals surface area contributed by atoms with E-state index < -0.39 is 0 Å². The summed E-state index contributed by atoms with van der Waals surface area (Å²) in [4.78, 5) is 13.6. The maximum Gasteiger partial charge on any atom is 0.239 e. The number of amides is 1. The number of nitrogens with two attached hydrogens (primary N) is 1. The number of hydrogen-bond donors (Lipinski definition) is 1. The van der Waals surface area contributed by atoms with Gasteiger partial charge in [0.25, 0.3) is 0 Å². The second kappa shape index (κ2) is 5.97. The van der Waals surface area contributed by atoms with Crippen molar-refractivity contribution in [1.29, 1.82) is 0 Å². The Morgan fingerprint density at radius 2 is 1.92 bits per heavy atom. The van der Waals surface area contributed by atoms with Crippen molar-refractivity contribution in [1.82, 2.24) is 4.90 Å². The van der Waals surface area contributed by atoms with Gasteiger partial charge in [-0.3, -0.25) is 4.79 Å². The summed E-state index contributed by atoms with van der Waals surface area (Å²) >= 11 is 0. The molecule has 0 spiro atoms. The number of nitrogens with zero attached hydrogens (tertiary/aromatic N) is 1. The topological polar surface area (TPSA) is 46.3 Å². The van der Waals surface area contributed by atoms with E-state index in [0.717, 1.165) is 13.0 Å². The molecule has 0 aromatic heterocycles. The van der Waals surface area contributed by atoms with Crippen LogP contribution in [0.2, 0.25) is 0 Å². The van der Waals surface area contributed by atoms with Crippen molar-refractivity contribution in [2.75, 3.05) is 6.54 Å². The van der Waals surface area contributed by atoms with Crippen LogP contribution in [0, 0.1) is 0 Å². The number of carbonyl (C=O) groups is 1. The van der Waals surface area contributed by atoms with E-state index in [2.05, 4.69) is 6.92 Å². The van der Waals surface area contributed by atoms with Gasteiger partial charge in [-0.25, -0.2) is 0 Å². The maximum absolute atomic E-state index is 11.7. The zero-order valence-corrected chi connectivity index (χ0v) is 9.21. The molecule has 1 atom stereocenters. The van der Waals surface area contributed by atoms with E-state index in [1.807, 2.05) is 25.7 Å². The van der Waals surface area contributed by atoms with Crippen LogP contribution in [-0.4, -0.2) is 29.4 Å². The van der Waals surface area contributed by atoms with Gasteiger partial charge in [0.2, 0.25) is 5.91 Å². The molecule has 0 rings (SSSR count). The lowest BCUT2D eigenvalue weighted by molar-refractivity contribution is -0.134. The summed E-state index contributed by atoms with van der Waals surface area (Å²) in [6.45, 7) is 8.86. The minimum atomic E-state index is -0.325. The van der Waals surface area contributed by atoms with Gasteiger partial charge in [-0.05, 0) is 26.7 Å². The first kappa shape index (κ1) is 12.4. The fourth-order valence-corrected chi connectivity index (χ4v) is 1.25. The molecule has 3 nitrogen and oxygen atoms in total. The molecule has 0 aromatic carbocycles. The van der Waals surface area contributed by atoms with Gasteiger partial charge in [0.15, 0.2) is 0 Å². The molecule has 2 N–H and O–H groups in total. The van der Waals surface area contributed by atoms with Crippen molar-refractivity contribution in [3.63, 3.8) is 0 Å². The molecule has 0 aliphatic carbocycles. The normalized spacial score (nSPS) is 13.1. The smallest absolute Gasteiger partial charge is 0.239 e. The first-order valence-electron chi connectivity index (χ1n) is 5.10. The molecular weight excluding hydrogens is 164 g/mol. The summed E-state index contributed by atoms with van der Waals surface area (Å²) in [5.41, 5.74) is 5.69. The molecule has 0 saturated heterocycles. The molecule has 0 aliphatic heterocycles. The Bertz CT molecular complexity index is 157. The van der Waals surface area contributed by atoms with Gasteiger partial charge in [0.1, 0.15) is 0 Å². The van der Waals surface area contributed by atoms with Gasteiger partial charge in [-0.1, -0.05) is 13.8 Å². The minimum Gasteiger partial charge on any atom is -0.339 e. The van der Waals surface area contributed by atoms with E-state index in [-0.39, 0.29) is 18.0 Å². The van der Waals surface area contributed by atoms with Gasteiger partial charge in [-0.15, -0.1) is 0 Å². The molecule has 0 heterocycles. The molecule has 0 unspecified atom stereocenters. The third kappa shape index (κ3) is 3.77. The van der Waals surface area contributed by atoms with Crippen molar-refractivity contribution in [2.24, 2.45) is 5.73 Å². The van der Waals surface area contributed by atoms with Gasteiger partial charge in [0, 0.05) is 12.6 Å². The molecule has 0 aliphatic rings. The summed E-state index contributed by atoms with van der Waals surface area (Å²) in [6, 6.07) is -0.0704. The SMILES string of the molecule is CCCN(C(=O)[C@@H](N)CC)C(C)C. The van der Waals surface area contributed by atoms with E-state index in [1.54, 1.807) is 0 Å². The number of carbonyl (C=O) groups excluding carboxylic acids is 1. The molecule has 78 valence electrons. The average Bonchev–Trinajstić information content (AvgIpc) is 2.11. The fraction of sp³-hybridized carbons (Fsp3) is 0.900. The lowest BCUT2D eigenvalue weighted by Crippen LogP contribution is -2.46. The third-order valence-electron chi connectivity index (χ3n) is 2.13. The quantitative estimate of drug-likeness (QED) is 0.705. The van der Waals surface area contributed by atoms with E-state index in [1.165, 1.54) is 0 Å². The highest BCUT2D eigenvalue weighted by atomic mass is 16.2. The molecular formula is C10H22N2O. The summed E-state index contributed by atoms with van der Waals surface area (Å²) in [5, 5.41) is 0. The van der Waals surface area contributed by atoms with Crippen LogP contribution in [-0.2, 0) is 4.79 Å². The van der Waals surface area contributed by atoms with Crippen LogP contribution < -0.4 is 5.73 Å². The Morgan fingerprint density at radius 1 is 1.38 bits per heavy atom. The largest absolute Gasteiger partial charge is 0.339 e. The van der Waals surface area contributed by atoms with Gasteiger partial charge < -0.3 is 10.6 Å². The Kier molecular flexibility index (Phi) is 5.71. The monoisotopic (exact) mass is 186 g/mol. The summed E-state index contributed by atoms with van der Waals surface area (Å²) in [7, 11) is 0. The van der Waals surface area contributed by atoms with Crippen LogP contribution in [0.1, 0.15) is 40.5 Å². The molecule has 0 aromatic rings. The molecule has 1 amide bonds. The van der Waals surface area contributed by atoms with Crippen LogP contribution in [0.5, 0.6) is 0 Å². The standard InChI is InChI=1S/C10H22N2O/c1-5-7-12(8(3)4)10(13)9(11)6-2/h8-9H,5-7,11H2,1-4H3/t9-/m0/s1. The molecule has 0 bridgehead atoms. The molecule has 0 saturated carbocycles. The fourth-order valence-electron chi connectivity index (χ4n) is 1.25. The van der Waals surface area contributed by atoms with Crippen molar-refractivity contribution in [2.45, 2.75) is 52.6 Å². The van der Waals surface area contributed by atoms with Crippen molar-refractivity contribution in [3.8, 4) is 0 Å². The van der Waals surface area contributed by atoms with Crippen molar-refractivity contribution < 1.29 is 4.79 Å². The number of hydrogen-bond acceptors (Lipinski definition) is 2. The first-order chi connectivity index (χ1) is 6.04. The average molecular weight is 186 g/mol. The van der Waals surface area contributed by atoms with Crippen LogP contribution in [0.15, 0.2) is 0 Å². The Morgan fingerprint density at radius 3 is 2.23 bits per heavy atom. The number of rotatable bonds is 5.